The highest BCUT2D eigenvalue weighted by atomic mass is 35.5. The quantitative estimate of drug-likeness (QED) is 0.691. The van der Waals surface area contributed by atoms with Crippen LogP contribution in [0.5, 0.6) is 0 Å². The molecule has 1 aliphatic carbocycles. The molecule has 3 aromatic rings. The van der Waals surface area contributed by atoms with Crippen LogP contribution in [0.4, 0.5) is 11.4 Å². The Bertz CT molecular complexity index is 1200. The number of aromatic nitrogens is 3. The van der Waals surface area contributed by atoms with Crippen LogP contribution in [0, 0.1) is 0 Å². The summed E-state index contributed by atoms with van der Waals surface area (Å²) in [7, 11) is 0. The largest absolute Gasteiger partial charge is 0.477 e. The average Bonchev–Trinajstić information content (AvgIpc) is 3.38. The molecule has 7 nitrogen and oxygen atoms in total. The lowest BCUT2D eigenvalue weighted by atomic mass is 9.79. The third-order valence-electron chi connectivity index (χ3n) is 5.91. The summed E-state index contributed by atoms with van der Waals surface area (Å²) in [4.78, 5) is 31.2. The molecule has 0 fully saturated rings. The van der Waals surface area contributed by atoms with E-state index in [1.54, 1.807) is 29.3 Å². The van der Waals surface area contributed by atoms with Crippen LogP contribution < -0.4 is 4.90 Å². The molecule has 1 amide bonds. The second-order valence-corrected chi connectivity index (χ2v) is 8.24. The van der Waals surface area contributed by atoms with Crippen molar-refractivity contribution in [1.82, 2.24) is 14.8 Å². The minimum absolute atomic E-state index is 0.00901. The molecule has 0 unspecified atom stereocenters. The molecule has 2 aliphatic rings. The molecule has 1 N–H and O–H groups in total. The molecule has 1 aliphatic heterocycles. The molecule has 0 radical (unpaired) electrons. The van der Waals surface area contributed by atoms with Gasteiger partial charge in [-0.1, -0.05) is 30.7 Å². The van der Waals surface area contributed by atoms with Gasteiger partial charge < -0.3 is 5.11 Å². The van der Waals surface area contributed by atoms with Crippen LogP contribution in [-0.2, 0) is 29.6 Å². The van der Waals surface area contributed by atoms with Crippen LogP contribution >= 0.6 is 11.6 Å². The van der Waals surface area contributed by atoms with E-state index in [9.17, 15) is 14.7 Å². The van der Waals surface area contributed by atoms with Gasteiger partial charge in [-0.2, -0.15) is 5.10 Å². The highest BCUT2D eigenvalue weighted by molar-refractivity contribution is 6.31. The molecular weight excluding hydrogens is 404 g/mol. The molecule has 3 heterocycles. The van der Waals surface area contributed by atoms with Gasteiger partial charge in [0.05, 0.1) is 23.0 Å². The van der Waals surface area contributed by atoms with Crippen molar-refractivity contribution in [2.75, 3.05) is 4.90 Å². The smallest absolute Gasteiger partial charge is 0.354 e. The number of carbonyl (C=O) groups excluding carboxylic acids is 1. The van der Waals surface area contributed by atoms with Gasteiger partial charge in [-0.15, -0.1) is 0 Å². The minimum atomic E-state index is -1.08. The summed E-state index contributed by atoms with van der Waals surface area (Å²) in [5.41, 5.74) is 3.06. The summed E-state index contributed by atoms with van der Waals surface area (Å²) < 4.78 is 1.82. The summed E-state index contributed by atoms with van der Waals surface area (Å²) in [6, 6.07) is 8.76. The van der Waals surface area contributed by atoms with E-state index in [1.165, 1.54) is 6.07 Å². The Hall–Kier alpha value is -3.19. The van der Waals surface area contributed by atoms with Crippen molar-refractivity contribution in [3.63, 3.8) is 0 Å². The standard InChI is InChI=1S/C22H19ClN4O3/c1-2-7-26-12-15(11-24-26)27-19-8-14(23)4-5-16(19)22(21(27)30)9-13-3-6-17(20(28)29)25-18(13)10-22/h3-6,8,11-12H,2,7,9-10H2,1H3,(H,28,29)/t22-/m1/s1. The zero-order valence-corrected chi connectivity index (χ0v) is 17.1. The predicted molar refractivity (Wildman–Crippen MR) is 111 cm³/mol. The first-order valence-electron chi connectivity index (χ1n) is 9.82. The van der Waals surface area contributed by atoms with Crippen molar-refractivity contribution in [3.05, 3.63) is 70.3 Å². The third kappa shape index (κ3) is 2.65. The molecular formula is C22H19ClN4O3. The maximum atomic E-state index is 13.9. The van der Waals surface area contributed by atoms with Crippen molar-refractivity contribution in [3.8, 4) is 0 Å². The highest BCUT2D eigenvalue weighted by Gasteiger charge is 2.55. The number of hydrogen-bond donors (Lipinski definition) is 1. The second kappa shape index (κ2) is 6.67. The number of benzene rings is 1. The first-order chi connectivity index (χ1) is 14.4. The lowest BCUT2D eigenvalue weighted by Crippen LogP contribution is -2.39. The van der Waals surface area contributed by atoms with Crippen molar-refractivity contribution in [2.24, 2.45) is 0 Å². The van der Waals surface area contributed by atoms with E-state index in [-0.39, 0.29) is 11.6 Å². The van der Waals surface area contributed by atoms with Crippen LogP contribution in [0.1, 0.15) is 40.7 Å². The van der Waals surface area contributed by atoms with E-state index in [1.807, 2.05) is 16.9 Å². The van der Waals surface area contributed by atoms with Gasteiger partial charge in [0.15, 0.2) is 0 Å². The zero-order valence-electron chi connectivity index (χ0n) is 16.3. The predicted octanol–water partition coefficient (Wildman–Crippen LogP) is 3.75. The molecule has 2 aromatic heterocycles. The number of aromatic carboxylic acids is 1. The van der Waals surface area contributed by atoms with E-state index in [0.717, 1.165) is 29.8 Å². The van der Waals surface area contributed by atoms with Gasteiger partial charge in [0, 0.05) is 29.9 Å². The molecule has 0 bridgehead atoms. The van der Waals surface area contributed by atoms with E-state index < -0.39 is 11.4 Å². The highest BCUT2D eigenvalue weighted by Crippen LogP contribution is 2.52. The number of nitrogens with zero attached hydrogens (tertiary/aromatic N) is 4. The van der Waals surface area contributed by atoms with E-state index >= 15 is 0 Å². The summed E-state index contributed by atoms with van der Waals surface area (Å²) in [6.07, 6.45) is 5.33. The minimum Gasteiger partial charge on any atom is -0.477 e. The van der Waals surface area contributed by atoms with Crippen LogP contribution in [0.15, 0.2) is 42.7 Å². The average molecular weight is 423 g/mol. The summed E-state index contributed by atoms with van der Waals surface area (Å²) in [5.74, 6) is -1.14. The number of carboxylic acids is 1. The molecule has 0 saturated carbocycles. The van der Waals surface area contributed by atoms with E-state index in [2.05, 4.69) is 17.0 Å². The van der Waals surface area contributed by atoms with Gasteiger partial charge in [-0.3, -0.25) is 14.4 Å². The number of aryl methyl sites for hydroxylation is 1. The van der Waals surface area contributed by atoms with E-state index in [0.29, 0.717) is 29.2 Å². The van der Waals surface area contributed by atoms with Gasteiger partial charge in [0.2, 0.25) is 5.91 Å². The molecule has 1 spiro atoms. The van der Waals surface area contributed by atoms with Crippen LogP contribution in [0.3, 0.4) is 0 Å². The molecule has 8 heteroatoms. The van der Waals surface area contributed by atoms with Crippen LogP contribution in [0.25, 0.3) is 0 Å². The Labute approximate surface area is 177 Å². The number of pyridine rings is 1. The number of fused-ring (bicyclic) bond motifs is 3. The Balaban J connectivity index is 1.62. The van der Waals surface area contributed by atoms with Gasteiger partial charge >= 0.3 is 5.97 Å². The fourth-order valence-electron chi connectivity index (χ4n) is 4.59. The van der Waals surface area contributed by atoms with E-state index in [4.69, 9.17) is 11.6 Å². The zero-order chi connectivity index (χ0) is 21.0. The van der Waals surface area contributed by atoms with Crippen molar-refractivity contribution < 1.29 is 14.7 Å². The first kappa shape index (κ1) is 18.8. The van der Waals surface area contributed by atoms with Crippen LogP contribution in [-0.4, -0.2) is 31.7 Å². The normalized spacial score (nSPS) is 19.4. The molecule has 1 atom stereocenters. The number of carbonyl (C=O) groups is 2. The molecule has 5 rings (SSSR count). The maximum absolute atomic E-state index is 13.9. The molecule has 1 aromatic carbocycles. The number of anilines is 2. The fraction of sp³-hybridized carbons (Fsp3) is 0.273. The van der Waals surface area contributed by atoms with Crippen LogP contribution in [0.2, 0.25) is 5.02 Å². The Morgan fingerprint density at radius 2 is 2.10 bits per heavy atom. The number of hydrogen-bond acceptors (Lipinski definition) is 4. The Morgan fingerprint density at radius 3 is 2.87 bits per heavy atom. The van der Waals surface area contributed by atoms with Crippen molar-refractivity contribution >= 4 is 34.9 Å². The lowest BCUT2D eigenvalue weighted by molar-refractivity contribution is -0.122. The monoisotopic (exact) mass is 422 g/mol. The molecule has 30 heavy (non-hydrogen) atoms. The molecule has 0 saturated heterocycles. The maximum Gasteiger partial charge on any atom is 0.354 e. The van der Waals surface area contributed by atoms with Gasteiger partial charge in [-0.25, -0.2) is 9.78 Å². The van der Waals surface area contributed by atoms with Crippen molar-refractivity contribution in [1.29, 1.82) is 0 Å². The Kier molecular flexibility index (Phi) is 4.18. The van der Waals surface area contributed by atoms with Gasteiger partial charge in [0.25, 0.3) is 0 Å². The first-order valence-corrected chi connectivity index (χ1v) is 10.2. The van der Waals surface area contributed by atoms with Crippen molar-refractivity contribution in [2.45, 2.75) is 38.1 Å². The number of rotatable bonds is 4. The number of amides is 1. The number of carboxylic acid groups (broad SMARTS) is 1. The second-order valence-electron chi connectivity index (χ2n) is 7.81. The summed E-state index contributed by atoms with van der Waals surface area (Å²) in [5, 5.41) is 14.2. The summed E-state index contributed by atoms with van der Waals surface area (Å²) >= 11 is 6.28. The van der Waals surface area contributed by atoms with Gasteiger partial charge in [0.1, 0.15) is 5.69 Å². The third-order valence-corrected chi connectivity index (χ3v) is 6.14. The molecule has 152 valence electrons. The SMILES string of the molecule is CCCn1cc(N2C(=O)[C@@]3(Cc4ccc(C(=O)O)nc4C3)c3ccc(Cl)cc32)cn1. The Morgan fingerprint density at radius 1 is 1.27 bits per heavy atom. The lowest BCUT2D eigenvalue weighted by Gasteiger charge is -2.22. The topological polar surface area (TPSA) is 88.3 Å². The number of halogens is 1. The van der Waals surface area contributed by atoms with Gasteiger partial charge in [-0.05, 0) is 42.2 Å². The fourth-order valence-corrected chi connectivity index (χ4v) is 4.75. The summed E-state index contributed by atoms with van der Waals surface area (Å²) in [6.45, 7) is 2.84.